The lowest BCUT2D eigenvalue weighted by Gasteiger charge is -2.08. The van der Waals surface area contributed by atoms with Crippen molar-refractivity contribution in [3.63, 3.8) is 0 Å². The number of nitrogen functional groups attached to an aromatic ring is 1. The third-order valence-electron chi connectivity index (χ3n) is 2.50. The van der Waals surface area contributed by atoms with Gasteiger partial charge in [0.25, 0.3) is 5.91 Å². The van der Waals surface area contributed by atoms with Gasteiger partial charge in [0.05, 0.1) is 11.4 Å². The van der Waals surface area contributed by atoms with Crippen molar-refractivity contribution in [1.29, 1.82) is 0 Å². The molecule has 8 heteroatoms. The smallest absolute Gasteiger partial charge is 0.340 e. The first kappa shape index (κ1) is 13.9. The minimum atomic E-state index is -1.46. The highest BCUT2D eigenvalue weighted by molar-refractivity contribution is 7.17. The van der Waals surface area contributed by atoms with Crippen LogP contribution in [0.1, 0.15) is 25.7 Å². The summed E-state index contributed by atoms with van der Waals surface area (Å²) in [5.74, 6) is -2.96. The molecule has 0 bridgehead atoms. The van der Waals surface area contributed by atoms with Crippen LogP contribution in [0.5, 0.6) is 0 Å². The molecular weight excluding hydrogens is 285 g/mol. The fourth-order valence-electron chi connectivity index (χ4n) is 1.65. The van der Waals surface area contributed by atoms with Gasteiger partial charge in [0, 0.05) is 0 Å². The van der Waals surface area contributed by atoms with Crippen molar-refractivity contribution in [3.8, 4) is 0 Å². The number of nitrogens with one attached hydrogen (secondary N) is 1. The van der Waals surface area contributed by atoms with Gasteiger partial charge in [-0.3, -0.25) is 4.79 Å². The van der Waals surface area contributed by atoms with Crippen molar-refractivity contribution in [2.45, 2.75) is 6.92 Å². The van der Waals surface area contributed by atoms with Crippen LogP contribution >= 0.6 is 11.3 Å². The van der Waals surface area contributed by atoms with Crippen LogP contribution in [0.4, 0.5) is 15.2 Å². The van der Waals surface area contributed by atoms with Crippen molar-refractivity contribution in [2.24, 2.45) is 0 Å². The van der Waals surface area contributed by atoms with E-state index in [1.54, 1.807) is 6.92 Å². The van der Waals surface area contributed by atoms with Crippen molar-refractivity contribution in [3.05, 3.63) is 40.2 Å². The Morgan fingerprint density at radius 2 is 2.15 bits per heavy atom. The number of carbonyl (C=O) groups is 2. The number of aromatic nitrogens is 1. The topological polar surface area (TPSA) is 105 Å². The molecule has 1 heterocycles. The molecule has 0 fully saturated rings. The Hall–Kier alpha value is -2.48. The second-order valence-corrected chi connectivity index (χ2v) is 4.92. The van der Waals surface area contributed by atoms with Gasteiger partial charge in [0.15, 0.2) is 5.13 Å². The summed E-state index contributed by atoms with van der Waals surface area (Å²) < 4.78 is 13.5. The SMILES string of the molecule is Cc1nc(N)sc1C(=O)Nc1cccc(F)c1C(=O)O. The number of halogens is 1. The van der Waals surface area contributed by atoms with Crippen LogP contribution in [-0.2, 0) is 0 Å². The zero-order valence-corrected chi connectivity index (χ0v) is 11.1. The number of aromatic carboxylic acids is 1. The summed E-state index contributed by atoms with van der Waals surface area (Å²) in [4.78, 5) is 27.2. The number of hydrogen-bond acceptors (Lipinski definition) is 5. The van der Waals surface area contributed by atoms with Gasteiger partial charge in [-0.2, -0.15) is 0 Å². The van der Waals surface area contributed by atoms with Gasteiger partial charge in [-0.1, -0.05) is 17.4 Å². The van der Waals surface area contributed by atoms with E-state index in [0.717, 1.165) is 17.4 Å². The molecule has 0 atom stereocenters. The summed E-state index contributed by atoms with van der Waals surface area (Å²) in [6.07, 6.45) is 0. The number of nitrogens with two attached hydrogens (primary N) is 1. The number of carboxylic acid groups (broad SMARTS) is 1. The maximum Gasteiger partial charge on any atom is 0.340 e. The number of amides is 1. The van der Waals surface area contributed by atoms with Crippen LogP contribution in [-0.4, -0.2) is 22.0 Å². The minimum absolute atomic E-state index is 0.117. The maximum absolute atomic E-state index is 13.5. The van der Waals surface area contributed by atoms with E-state index in [9.17, 15) is 14.0 Å². The van der Waals surface area contributed by atoms with Crippen LogP contribution in [0.3, 0.4) is 0 Å². The number of nitrogens with zero attached hydrogens (tertiary/aromatic N) is 1. The Labute approximate surface area is 117 Å². The van der Waals surface area contributed by atoms with Gasteiger partial charge in [-0.25, -0.2) is 14.2 Å². The second kappa shape index (κ2) is 5.25. The molecule has 6 nitrogen and oxygen atoms in total. The van der Waals surface area contributed by atoms with Crippen molar-refractivity contribution < 1.29 is 19.1 Å². The number of carboxylic acids is 1. The number of hydrogen-bond donors (Lipinski definition) is 3. The standard InChI is InChI=1S/C12H10FN3O3S/c1-5-9(20-12(14)15-5)10(17)16-7-4-2-3-6(13)8(7)11(18)19/h2-4H,1H3,(H2,14,15)(H,16,17)(H,18,19). The van der Waals surface area contributed by atoms with E-state index in [0.29, 0.717) is 5.69 Å². The first-order valence-electron chi connectivity index (χ1n) is 5.46. The zero-order valence-electron chi connectivity index (χ0n) is 10.3. The van der Waals surface area contributed by atoms with Gasteiger partial charge in [0.2, 0.25) is 0 Å². The molecule has 0 spiro atoms. The highest BCUT2D eigenvalue weighted by atomic mass is 32.1. The van der Waals surface area contributed by atoms with Crippen LogP contribution in [0.25, 0.3) is 0 Å². The third-order valence-corrected chi connectivity index (χ3v) is 3.48. The number of thiazole rings is 1. The van der Waals surface area contributed by atoms with E-state index in [1.165, 1.54) is 12.1 Å². The molecule has 1 aromatic heterocycles. The number of carbonyl (C=O) groups excluding carboxylic acids is 1. The Bertz CT molecular complexity index is 699. The lowest BCUT2D eigenvalue weighted by molar-refractivity contribution is 0.0693. The minimum Gasteiger partial charge on any atom is -0.478 e. The second-order valence-electron chi connectivity index (χ2n) is 3.89. The molecule has 2 aromatic rings. The third kappa shape index (κ3) is 2.59. The largest absolute Gasteiger partial charge is 0.478 e. The summed E-state index contributed by atoms with van der Waals surface area (Å²) in [6, 6.07) is 3.63. The average Bonchev–Trinajstić information content (AvgIpc) is 2.68. The van der Waals surface area contributed by atoms with Gasteiger partial charge < -0.3 is 16.2 Å². The lowest BCUT2D eigenvalue weighted by atomic mass is 10.1. The molecule has 0 radical (unpaired) electrons. The molecule has 2 rings (SSSR count). The van der Waals surface area contributed by atoms with Gasteiger partial charge in [-0.15, -0.1) is 0 Å². The molecule has 0 aliphatic carbocycles. The van der Waals surface area contributed by atoms with Gasteiger partial charge in [-0.05, 0) is 19.1 Å². The number of aryl methyl sites for hydroxylation is 1. The van der Waals surface area contributed by atoms with E-state index in [4.69, 9.17) is 10.8 Å². The number of benzene rings is 1. The highest BCUT2D eigenvalue weighted by Crippen LogP contribution is 2.23. The molecule has 0 aliphatic heterocycles. The van der Waals surface area contributed by atoms with Crippen LogP contribution in [0, 0.1) is 12.7 Å². The van der Waals surface area contributed by atoms with Crippen LogP contribution in [0.2, 0.25) is 0 Å². The predicted molar refractivity (Wildman–Crippen MR) is 72.6 cm³/mol. The van der Waals surface area contributed by atoms with Crippen molar-refractivity contribution >= 4 is 34.0 Å². The first-order chi connectivity index (χ1) is 9.40. The van der Waals surface area contributed by atoms with Crippen LogP contribution in [0.15, 0.2) is 18.2 Å². The lowest BCUT2D eigenvalue weighted by Crippen LogP contribution is -2.15. The molecule has 0 saturated carbocycles. The monoisotopic (exact) mass is 295 g/mol. The summed E-state index contributed by atoms with van der Waals surface area (Å²) in [5, 5.41) is 11.6. The molecule has 0 unspecified atom stereocenters. The van der Waals surface area contributed by atoms with Gasteiger partial charge in [0.1, 0.15) is 16.3 Å². The van der Waals surface area contributed by atoms with E-state index in [-0.39, 0.29) is 15.7 Å². The molecule has 4 N–H and O–H groups in total. The maximum atomic E-state index is 13.5. The van der Waals surface area contributed by atoms with Crippen molar-refractivity contribution in [2.75, 3.05) is 11.1 Å². The van der Waals surface area contributed by atoms with E-state index >= 15 is 0 Å². The van der Waals surface area contributed by atoms with E-state index < -0.39 is 23.3 Å². The van der Waals surface area contributed by atoms with E-state index in [1.807, 2.05) is 0 Å². The summed E-state index contributed by atoms with van der Waals surface area (Å²) in [5.41, 5.74) is 5.21. The molecule has 1 amide bonds. The molecule has 104 valence electrons. The van der Waals surface area contributed by atoms with Gasteiger partial charge >= 0.3 is 5.97 Å². The number of anilines is 2. The Kier molecular flexibility index (Phi) is 3.66. The first-order valence-corrected chi connectivity index (χ1v) is 6.28. The zero-order chi connectivity index (χ0) is 14.9. The number of rotatable bonds is 3. The normalized spacial score (nSPS) is 10.3. The summed E-state index contributed by atoms with van der Waals surface area (Å²) in [6.45, 7) is 1.60. The highest BCUT2D eigenvalue weighted by Gasteiger charge is 2.20. The van der Waals surface area contributed by atoms with E-state index in [2.05, 4.69) is 10.3 Å². The summed E-state index contributed by atoms with van der Waals surface area (Å²) in [7, 11) is 0. The Morgan fingerprint density at radius 1 is 1.45 bits per heavy atom. The molecule has 0 aliphatic rings. The van der Waals surface area contributed by atoms with Crippen LogP contribution < -0.4 is 11.1 Å². The predicted octanol–water partition coefficient (Wildman–Crippen LogP) is 2.12. The quantitative estimate of drug-likeness (QED) is 0.804. The molecule has 20 heavy (non-hydrogen) atoms. The fourth-order valence-corrected chi connectivity index (χ4v) is 2.38. The van der Waals surface area contributed by atoms with Crippen molar-refractivity contribution in [1.82, 2.24) is 4.98 Å². The summed E-state index contributed by atoms with van der Waals surface area (Å²) >= 11 is 0.974. The Morgan fingerprint density at radius 3 is 2.70 bits per heavy atom. The Balaban J connectivity index is 2.36. The fraction of sp³-hybridized carbons (Fsp3) is 0.0833. The molecule has 1 aromatic carbocycles. The molecular formula is C12H10FN3O3S. The molecule has 0 saturated heterocycles. The average molecular weight is 295 g/mol.